The van der Waals surface area contributed by atoms with Crippen molar-refractivity contribution in [3.63, 3.8) is 0 Å². The van der Waals surface area contributed by atoms with Gasteiger partial charge in [0.1, 0.15) is 18.1 Å². The van der Waals surface area contributed by atoms with E-state index in [4.69, 9.17) is 14.2 Å². The normalized spacial score (nSPS) is 10.2. The zero-order chi connectivity index (χ0) is 20.5. The maximum absolute atomic E-state index is 12.5. The Kier molecular flexibility index (Phi) is 7.00. The SMILES string of the molecule is CCCOC(=O)c1ccccc1C(=O)OCc1cccc(Oc2ccccc2)c1. The minimum Gasteiger partial charge on any atom is -0.462 e. The Balaban J connectivity index is 1.65. The topological polar surface area (TPSA) is 61.8 Å². The average molecular weight is 390 g/mol. The molecule has 3 aromatic rings. The molecule has 0 aromatic heterocycles. The summed E-state index contributed by atoms with van der Waals surface area (Å²) in [5.41, 5.74) is 1.16. The van der Waals surface area contributed by atoms with Crippen LogP contribution in [-0.4, -0.2) is 18.5 Å². The lowest BCUT2D eigenvalue weighted by Crippen LogP contribution is -2.14. The van der Waals surface area contributed by atoms with Gasteiger partial charge in [0.05, 0.1) is 17.7 Å². The molecule has 0 unspecified atom stereocenters. The molecule has 0 radical (unpaired) electrons. The van der Waals surface area contributed by atoms with E-state index in [9.17, 15) is 9.59 Å². The van der Waals surface area contributed by atoms with Crippen LogP contribution in [0.1, 0.15) is 39.6 Å². The standard InChI is InChI=1S/C24H22O5/c1-2-15-27-23(25)21-13-6-7-14-22(21)24(26)28-17-18-9-8-12-20(16-18)29-19-10-4-3-5-11-19/h3-14,16H,2,15,17H2,1H3. The summed E-state index contributed by atoms with van der Waals surface area (Å²) in [6.07, 6.45) is 0.708. The summed E-state index contributed by atoms with van der Waals surface area (Å²) in [5.74, 6) is 0.260. The third-order valence-electron chi connectivity index (χ3n) is 4.05. The second-order valence-electron chi connectivity index (χ2n) is 6.32. The molecule has 5 heteroatoms. The smallest absolute Gasteiger partial charge is 0.339 e. The van der Waals surface area contributed by atoms with Gasteiger partial charge in [0.15, 0.2) is 0 Å². The molecule has 0 saturated heterocycles. The molecule has 0 aliphatic rings. The minimum atomic E-state index is -0.580. The molecule has 0 aliphatic heterocycles. The van der Waals surface area contributed by atoms with Gasteiger partial charge in [-0.3, -0.25) is 0 Å². The molecule has 0 saturated carbocycles. The summed E-state index contributed by atoms with van der Waals surface area (Å²) < 4.78 is 16.3. The predicted octanol–water partition coefficient (Wildman–Crippen LogP) is 5.40. The molecule has 0 spiro atoms. The monoisotopic (exact) mass is 390 g/mol. The van der Waals surface area contributed by atoms with Crippen LogP contribution in [-0.2, 0) is 16.1 Å². The van der Waals surface area contributed by atoms with Gasteiger partial charge in [-0.05, 0) is 48.4 Å². The fourth-order valence-corrected chi connectivity index (χ4v) is 2.66. The fourth-order valence-electron chi connectivity index (χ4n) is 2.66. The number of ether oxygens (including phenoxy) is 3. The number of esters is 2. The highest BCUT2D eigenvalue weighted by Gasteiger charge is 2.19. The number of carbonyl (C=O) groups excluding carboxylic acids is 2. The van der Waals surface area contributed by atoms with Crippen LogP contribution in [0.15, 0.2) is 78.9 Å². The summed E-state index contributed by atoms with van der Waals surface area (Å²) in [4.78, 5) is 24.7. The molecule has 3 rings (SSSR count). The molecule has 0 heterocycles. The van der Waals surface area contributed by atoms with Crippen molar-refractivity contribution in [2.24, 2.45) is 0 Å². The Morgan fingerprint density at radius 3 is 2.03 bits per heavy atom. The number of benzene rings is 3. The number of rotatable bonds is 8. The maximum atomic E-state index is 12.5. The van der Waals surface area contributed by atoms with Crippen molar-refractivity contribution in [1.29, 1.82) is 0 Å². The Bertz CT molecular complexity index is 966. The highest BCUT2D eigenvalue weighted by molar-refractivity contribution is 6.03. The largest absolute Gasteiger partial charge is 0.462 e. The molecule has 0 aliphatic carbocycles. The summed E-state index contributed by atoms with van der Waals surface area (Å²) in [5, 5.41) is 0. The van der Waals surface area contributed by atoms with E-state index in [1.54, 1.807) is 24.3 Å². The van der Waals surface area contributed by atoms with Crippen molar-refractivity contribution in [2.45, 2.75) is 20.0 Å². The third kappa shape index (κ3) is 5.69. The number of hydrogen-bond donors (Lipinski definition) is 0. The van der Waals surface area contributed by atoms with Gasteiger partial charge >= 0.3 is 11.9 Å². The lowest BCUT2D eigenvalue weighted by molar-refractivity contribution is 0.0439. The highest BCUT2D eigenvalue weighted by Crippen LogP contribution is 2.22. The molecule has 0 atom stereocenters. The van der Waals surface area contributed by atoms with Crippen LogP contribution in [0.4, 0.5) is 0 Å². The second kappa shape index (κ2) is 10.1. The molecular weight excluding hydrogens is 368 g/mol. The molecule has 148 valence electrons. The lowest BCUT2D eigenvalue weighted by atomic mass is 10.1. The van der Waals surface area contributed by atoms with Crippen molar-refractivity contribution in [2.75, 3.05) is 6.61 Å². The van der Waals surface area contributed by atoms with Gasteiger partial charge in [-0.1, -0.05) is 49.4 Å². The van der Waals surface area contributed by atoms with Crippen LogP contribution < -0.4 is 4.74 Å². The van der Waals surface area contributed by atoms with E-state index in [-0.39, 0.29) is 17.7 Å². The molecule has 0 N–H and O–H groups in total. The van der Waals surface area contributed by atoms with Gasteiger partial charge in [0.2, 0.25) is 0 Å². The highest BCUT2D eigenvalue weighted by atomic mass is 16.5. The van der Waals surface area contributed by atoms with Gasteiger partial charge in [-0.2, -0.15) is 0 Å². The number of hydrogen-bond acceptors (Lipinski definition) is 5. The van der Waals surface area contributed by atoms with Crippen LogP contribution in [0.3, 0.4) is 0 Å². The van der Waals surface area contributed by atoms with E-state index in [1.807, 2.05) is 61.5 Å². The Morgan fingerprint density at radius 2 is 1.34 bits per heavy atom. The summed E-state index contributed by atoms with van der Waals surface area (Å²) in [7, 11) is 0. The van der Waals surface area contributed by atoms with E-state index in [2.05, 4.69) is 0 Å². The second-order valence-corrected chi connectivity index (χ2v) is 6.32. The molecule has 0 amide bonds. The van der Waals surface area contributed by atoms with Crippen molar-refractivity contribution in [1.82, 2.24) is 0 Å². The van der Waals surface area contributed by atoms with E-state index >= 15 is 0 Å². The van der Waals surface area contributed by atoms with Gasteiger partial charge < -0.3 is 14.2 Å². The van der Waals surface area contributed by atoms with Crippen LogP contribution in [0.2, 0.25) is 0 Å². The fraction of sp³-hybridized carbons (Fsp3) is 0.167. The predicted molar refractivity (Wildman–Crippen MR) is 109 cm³/mol. The van der Waals surface area contributed by atoms with Crippen LogP contribution >= 0.6 is 0 Å². The van der Waals surface area contributed by atoms with Gasteiger partial charge in [0, 0.05) is 0 Å². The molecule has 5 nitrogen and oxygen atoms in total. The number of para-hydroxylation sites is 1. The van der Waals surface area contributed by atoms with Gasteiger partial charge in [-0.25, -0.2) is 9.59 Å². The molecular formula is C24H22O5. The summed E-state index contributed by atoms with van der Waals surface area (Å²) in [6.45, 7) is 2.27. The van der Waals surface area contributed by atoms with E-state index in [0.29, 0.717) is 18.8 Å². The zero-order valence-electron chi connectivity index (χ0n) is 16.2. The van der Waals surface area contributed by atoms with Crippen molar-refractivity contribution >= 4 is 11.9 Å². The summed E-state index contributed by atoms with van der Waals surface area (Å²) >= 11 is 0. The quantitative estimate of drug-likeness (QED) is 0.482. The van der Waals surface area contributed by atoms with Crippen LogP contribution in [0.25, 0.3) is 0 Å². The zero-order valence-corrected chi connectivity index (χ0v) is 16.2. The number of carbonyl (C=O) groups is 2. The Hall–Kier alpha value is -3.60. The molecule has 29 heavy (non-hydrogen) atoms. The van der Waals surface area contributed by atoms with Crippen LogP contribution in [0, 0.1) is 0 Å². The van der Waals surface area contributed by atoms with Crippen molar-refractivity contribution in [3.05, 3.63) is 95.6 Å². The van der Waals surface area contributed by atoms with Gasteiger partial charge in [0.25, 0.3) is 0 Å². The van der Waals surface area contributed by atoms with Crippen molar-refractivity contribution in [3.8, 4) is 11.5 Å². The van der Waals surface area contributed by atoms with E-state index in [0.717, 1.165) is 11.3 Å². The third-order valence-corrected chi connectivity index (χ3v) is 4.05. The average Bonchev–Trinajstić information content (AvgIpc) is 2.77. The molecule has 0 fully saturated rings. The Morgan fingerprint density at radius 1 is 0.724 bits per heavy atom. The molecule has 3 aromatic carbocycles. The molecule has 0 bridgehead atoms. The van der Waals surface area contributed by atoms with Gasteiger partial charge in [-0.15, -0.1) is 0 Å². The first-order chi connectivity index (χ1) is 14.2. The Labute approximate surface area is 169 Å². The minimum absolute atomic E-state index is 0.0587. The first-order valence-electron chi connectivity index (χ1n) is 9.42. The first-order valence-corrected chi connectivity index (χ1v) is 9.42. The van der Waals surface area contributed by atoms with Crippen LogP contribution in [0.5, 0.6) is 11.5 Å². The lowest BCUT2D eigenvalue weighted by Gasteiger charge is -2.10. The van der Waals surface area contributed by atoms with Crippen molar-refractivity contribution < 1.29 is 23.8 Å². The van der Waals surface area contributed by atoms with E-state index in [1.165, 1.54) is 0 Å². The maximum Gasteiger partial charge on any atom is 0.339 e. The van der Waals surface area contributed by atoms with E-state index < -0.39 is 11.9 Å². The first kappa shape index (κ1) is 20.1. The summed E-state index contributed by atoms with van der Waals surface area (Å²) in [6, 6.07) is 23.2.